The molecule has 0 amide bonds. The van der Waals surface area contributed by atoms with E-state index in [2.05, 4.69) is 10.2 Å². The van der Waals surface area contributed by atoms with Gasteiger partial charge in [0.05, 0.1) is 18.8 Å². The molecule has 0 aliphatic carbocycles. The van der Waals surface area contributed by atoms with Crippen LogP contribution in [0.4, 0.5) is 0 Å². The van der Waals surface area contributed by atoms with Crippen LogP contribution in [0.1, 0.15) is 25.2 Å². The predicted octanol–water partition coefficient (Wildman–Crippen LogP) is 0.979. The summed E-state index contributed by atoms with van der Waals surface area (Å²) >= 11 is 0. The summed E-state index contributed by atoms with van der Waals surface area (Å²) in [6.07, 6.45) is 0.703. The zero-order chi connectivity index (χ0) is 13.1. The van der Waals surface area contributed by atoms with Gasteiger partial charge in [0.15, 0.2) is 5.82 Å². The van der Waals surface area contributed by atoms with E-state index in [1.54, 1.807) is 13.2 Å². The van der Waals surface area contributed by atoms with Crippen LogP contribution in [0.25, 0.3) is 5.69 Å². The van der Waals surface area contributed by atoms with E-state index in [1.165, 1.54) is 4.57 Å². The van der Waals surface area contributed by atoms with E-state index in [4.69, 9.17) is 10.5 Å². The fourth-order valence-corrected chi connectivity index (χ4v) is 1.74. The zero-order valence-electron chi connectivity index (χ0n) is 10.4. The van der Waals surface area contributed by atoms with Gasteiger partial charge in [0.1, 0.15) is 5.75 Å². The average Bonchev–Trinajstić information content (AvgIpc) is 2.79. The van der Waals surface area contributed by atoms with Crippen LogP contribution >= 0.6 is 0 Å². The molecule has 0 saturated heterocycles. The van der Waals surface area contributed by atoms with Crippen molar-refractivity contribution in [3.05, 3.63) is 40.6 Å². The number of aromatic nitrogens is 3. The molecule has 0 aliphatic rings. The van der Waals surface area contributed by atoms with Gasteiger partial charge in [0.2, 0.25) is 0 Å². The number of ether oxygens (including phenoxy) is 1. The normalized spacial score (nSPS) is 12.4. The predicted molar refractivity (Wildman–Crippen MR) is 68.0 cm³/mol. The van der Waals surface area contributed by atoms with Crippen molar-refractivity contribution in [3.63, 3.8) is 0 Å². The fourth-order valence-electron chi connectivity index (χ4n) is 1.74. The molecule has 6 heteroatoms. The van der Waals surface area contributed by atoms with Crippen molar-refractivity contribution in [1.82, 2.24) is 14.8 Å². The third-order valence-electron chi connectivity index (χ3n) is 2.78. The topological polar surface area (TPSA) is 85.9 Å². The molecule has 2 aromatic rings. The van der Waals surface area contributed by atoms with E-state index in [9.17, 15) is 4.79 Å². The summed E-state index contributed by atoms with van der Waals surface area (Å²) in [5, 5.41) is 6.40. The minimum absolute atomic E-state index is 0.282. The van der Waals surface area contributed by atoms with Crippen molar-refractivity contribution < 1.29 is 4.74 Å². The third-order valence-corrected chi connectivity index (χ3v) is 2.78. The molecule has 0 bridgehead atoms. The molecule has 3 N–H and O–H groups in total. The molecule has 6 nitrogen and oxygen atoms in total. The molecule has 1 aromatic carbocycles. The Bertz CT molecular complexity index is 588. The van der Waals surface area contributed by atoms with Crippen LogP contribution in [0.5, 0.6) is 5.75 Å². The summed E-state index contributed by atoms with van der Waals surface area (Å²) in [4.78, 5) is 11.8. The van der Waals surface area contributed by atoms with Gasteiger partial charge >= 0.3 is 5.69 Å². The number of aromatic amines is 1. The highest BCUT2D eigenvalue weighted by molar-refractivity contribution is 5.40. The van der Waals surface area contributed by atoms with Crippen LogP contribution in [0.15, 0.2) is 29.1 Å². The van der Waals surface area contributed by atoms with Gasteiger partial charge in [-0.3, -0.25) is 0 Å². The molecule has 0 radical (unpaired) electrons. The highest BCUT2D eigenvalue weighted by atomic mass is 16.5. The van der Waals surface area contributed by atoms with E-state index < -0.39 is 0 Å². The molecule has 1 aromatic heterocycles. The molecule has 0 unspecified atom stereocenters. The standard InChI is InChI=1S/C12H16N4O2/c1-3-10(13)11-14-15-12(17)16(11)8-5-4-6-9(7-8)18-2/h4-7,10H,3,13H2,1-2H3,(H,15,17)/t10-/m0/s1. The third kappa shape index (κ3) is 2.14. The average molecular weight is 248 g/mol. The first kappa shape index (κ1) is 12.4. The number of nitrogens with two attached hydrogens (primary N) is 1. The molecule has 2 rings (SSSR count). The number of rotatable bonds is 4. The highest BCUT2D eigenvalue weighted by Crippen LogP contribution is 2.18. The smallest absolute Gasteiger partial charge is 0.347 e. The van der Waals surface area contributed by atoms with Crippen molar-refractivity contribution in [2.45, 2.75) is 19.4 Å². The van der Waals surface area contributed by atoms with E-state index in [-0.39, 0.29) is 11.7 Å². The maximum absolute atomic E-state index is 11.8. The Kier molecular flexibility index (Phi) is 3.47. The lowest BCUT2D eigenvalue weighted by Gasteiger charge is -2.11. The summed E-state index contributed by atoms with van der Waals surface area (Å²) in [6.45, 7) is 1.94. The number of nitrogens with one attached hydrogen (secondary N) is 1. The van der Waals surface area contributed by atoms with Gasteiger partial charge in [-0.1, -0.05) is 13.0 Å². The summed E-state index contributed by atoms with van der Waals surface area (Å²) in [5.41, 5.74) is 6.33. The Balaban J connectivity index is 2.55. The first-order chi connectivity index (χ1) is 8.67. The quantitative estimate of drug-likeness (QED) is 0.844. The van der Waals surface area contributed by atoms with Crippen molar-refractivity contribution in [2.75, 3.05) is 7.11 Å². The Labute approximate surface area is 104 Å². The van der Waals surface area contributed by atoms with Gasteiger partial charge in [-0.2, -0.15) is 5.10 Å². The van der Waals surface area contributed by atoms with Crippen LogP contribution in [0, 0.1) is 0 Å². The number of hydrogen-bond donors (Lipinski definition) is 2. The molecule has 0 aliphatic heterocycles. The minimum Gasteiger partial charge on any atom is -0.497 e. The zero-order valence-corrected chi connectivity index (χ0v) is 10.4. The molecule has 18 heavy (non-hydrogen) atoms. The van der Waals surface area contributed by atoms with E-state index in [0.717, 1.165) is 0 Å². The van der Waals surface area contributed by atoms with Crippen LogP contribution in [-0.2, 0) is 0 Å². The largest absolute Gasteiger partial charge is 0.497 e. The monoisotopic (exact) mass is 248 g/mol. The molecular weight excluding hydrogens is 232 g/mol. The van der Waals surface area contributed by atoms with Crippen molar-refractivity contribution >= 4 is 0 Å². The van der Waals surface area contributed by atoms with E-state index in [1.807, 2.05) is 25.1 Å². The fraction of sp³-hybridized carbons (Fsp3) is 0.333. The van der Waals surface area contributed by atoms with Crippen LogP contribution in [0.2, 0.25) is 0 Å². The Morgan fingerprint density at radius 1 is 1.56 bits per heavy atom. The lowest BCUT2D eigenvalue weighted by atomic mass is 10.2. The second-order valence-electron chi connectivity index (χ2n) is 3.94. The lowest BCUT2D eigenvalue weighted by molar-refractivity contribution is 0.414. The first-order valence-electron chi connectivity index (χ1n) is 5.74. The molecule has 1 atom stereocenters. The lowest BCUT2D eigenvalue weighted by Crippen LogP contribution is -2.21. The van der Waals surface area contributed by atoms with Crippen molar-refractivity contribution in [3.8, 4) is 11.4 Å². The first-order valence-corrected chi connectivity index (χ1v) is 5.74. The summed E-state index contributed by atoms with van der Waals surface area (Å²) < 4.78 is 6.61. The van der Waals surface area contributed by atoms with Gasteiger partial charge in [-0.25, -0.2) is 14.5 Å². The van der Waals surface area contributed by atoms with Gasteiger partial charge in [0.25, 0.3) is 0 Å². The second-order valence-corrected chi connectivity index (χ2v) is 3.94. The van der Waals surface area contributed by atoms with E-state index >= 15 is 0 Å². The second kappa shape index (κ2) is 5.05. The Morgan fingerprint density at radius 3 is 3.00 bits per heavy atom. The van der Waals surface area contributed by atoms with Gasteiger partial charge in [-0.15, -0.1) is 0 Å². The SMILES string of the molecule is CC[C@H](N)c1n[nH]c(=O)n1-c1cccc(OC)c1. The molecule has 1 heterocycles. The van der Waals surface area contributed by atoms with Crippen LogP contribution in [-0.4, -0.2) is 21.9 Å². The van der Waals surface area contributed by atoms with Gasteiger partial charge in [0, 0.05) is 6.07 Å². The summed E-state index contributed by atoms with van der Waals surface area (Å²) in [7, 11) is 1.58. The molecule has 0 fully saturated rings. The number of methoxy groups -OCH3 is 1. The molecule has 0 spiro atoms. The number of H-pyrrole nitrogens is 1. The highest BCUT2D eigenvalue weighted by Gasteiger charge is 2.16. The van der Waals surface area contributed by atoms with Crippen LogP contribution < -0.4 is 16.2 Å². The Hall–Kier alpha value is -2.08. The van der Waals surface area contributed by atoms with E-state index in [0.29, 0.717) is 23.7 Å². The number of nitrogens with zero attached hydrogens (tertiary/aromatic N) is 2. The maximum atomic E-state index is 11.8. The maximum Gasteiger partial charge on any atom is 0.347 e. The van der Waals surface area contributed by atoms with Crippen molar-refractivity contribution in [2.24, 2.45) is 5.73 Å². The number of hydrogen-bond acceptors (Lipinski definition) is 4. The molecule has 96 valence electrons. The molecule has 0 saturated carbocycles. The van der Waals surface area contributed by atoms with Crippen molar-refractivity contribution in [1.29, 1.82) is 0 Å². The Morgan fingerprint density at radius 2 is 2.33 bits per heavy atom. The summed E-state index contributed by atoms with van der Waals surface area (Å²) in [6, 6.07) is 6.92. The minimum atomic E-state index is -0.304. The van der Waals surface area contributed by atoms with Gasteiger partial charge < -0.3 is 10.5 Å². The molecular formula is C12H16N4O2. The van der Waals surface area contributed by atoms with Gasteiger partial charge in [-0.05, 0) is 18.6 Å². The van der Waals surface area contributed by atoms with Crippen LogP contribution in [0.3, 0.4) is 0 Å². The number of benzene rings is 1. The summed E-state index contributed by atoms with van der Waals surface area (Å²) in [5.74, 6) is 1.20.